The normalized spacial score (nSPS) is 19.0. The molecule has 1 aliphatic carbocycles. The summed E-state index contributed by atoms with van der Waals surface area (Å²) in [7, 11) is -2.69. The van der Waals surface area contributed by atoms with Gasteiger partial charge >= 0.3 is 0 Å². The molecule has 7 aromatic carbocycles. The highest BCUT2D eigenvalue weighted by Crippen LogP contribution is 2.61. The Morgan fingerprint density at radius 2 is 1.21 bits per heavy atom. The maximum Gasteiger partial charge on any atom is 0.179 e. The summed E-state index contributed by atoms with van der Waals surface area (Å²) < 4.78 is 5.31. The standard InChI is InChI=1S/C58H56N2SSi/c1-39-25-32-53-48(35-39)54-55(61-53)47-38-42(60-52-29-26-41(56(3,4)5)37-49(52)57(6)33-17-18-34-58(57,60)7)27-30-51(47)59(54)50-31-28-46(36-40(50)2)62(43-19-11-8-12-20-43,44-21-13-9-14-22-44)45-23-15-10-16-24-45/h8-16,19-32,35-38H,17-18,33-34H2,1-7H3. The van der Waals surface area contributed by atoms with Crippen LogP contribution in [0, 0.1) is 13.8 Å². The topological polar surface area (TPSA) is 8.17 Å². The van der Waals surface area contributed by atoms with Gasteiger partial charge in [-0.2, -0.15) is 0 Å². The van der Waals surface area contributed by atoms with Crippen molar-refractivity contribution >= 4 is 82.7 Å². The molecule has 0 bridgehead atoms. The van der Waals surface area contributed by atoms with E-state index in [0.29, 0.717) is 0 Å². The van der Waals surface area contributed by atoms with Crippen LogP contribution in [0.1, 0.15) is 82.6 Å². The number of hydrogen-bond donors (Lipinski definition) is 0. The molecule has 2 atom stereocenters. The Balaban J connectivity index is 1.14. The Morgan fingerprint density at radius 3 is 1.84 bits per heavy atom. The van der Waals surface area contributed by atoms with Gasteiger partial charge in [0, 0.05) is 37.9 Å². The molecule has 308 valence electrons. The van der Waals surface area contributed by atoms with Crippen LogP contribution >= 0.6 is 11.3 Å². The largest absolute Gasteiger partial charge is 0.334 e. The molecular formula is C58H56N2SSi. The first-order valence-corrected chi connectivity index (χ1v) is 25.5. The molecule has 2 unspecified atom stereocenters. The van der Waals surface area contributed by atoms with Crippen LogP contribution < -0.4 is 25.6 Å². The quantitative estimate of drug-likeness (QED) is 0.120. The molecule has 2 nitrogen and oxygen atoms in total. The minimum absolute atomic E-state index is 0.0181. The molecule has 1 fully saturated rings. The summed E-state index contributed by atoms with van der Waals surface area (Å²) in [5, 5.41) is 8.25. The predicted molar refractivity (Wildman–Crippen MR) is 271 cm³/mol. The first kappa shape index (κ1) is 39.2. The molecule has 1 saturated carbocycles. The summed E-state index contributed by atoms with van der Waals surface area (Å²) >= 11 is 1.95. The van der Waals surface area contributed by atoms with E-state index < -0.39 is 8.07 Å². The van der Waals surface area contributed by atoms with E-state index in [1.54, 1.807) is 0 Å². The van der Waals surface area contributed by atoms with E-state index in [0.717, 1.165) is 0 Å². The molecule has 4 heteroatoms. The van der Waals surface area contributed by atoms with Crippen LogP contribution in [0.3, 0.4) is 0 Å². The van der Waals surface area contributed by atoms with Crippen LogP contribution in [-0.4, -0.2) is 18.2 Å². The van der Waals surface area contributed by atoms with Gasteiger partial charge in [-0.05, 0) is 119 Å². The molecule has 0 radical (unpaired) electrons. The third-order valence-electron chi connectivity index (χ3n) is 15.2. The van der Waals surface area contributed by atoms with Crippen molar-refractivity contribution in [2.45, 2.75) is 90.5 Å². The minimum Gasteiger partial charge on any atom is -0.334 e. The van der Waals surface area contributed by atoms with E-state index >= 15 is 0 Å². The monoisotopic (exact) mass is 840 g/mol. The Labute approximate surface area is 372 Å². The van der Waals surface area contributed by atoms with Crippen LogP contribution in [0.4, 0.5) is 11.4 Å². The molecule has 0 saturated heterocycles. The minimum atomic E-state index is -2.69. The van der Waals surface area contributed by atoms with Crippen molar-refractivity contribution in [1.82, 2.24) is 4.57 Å². The van der Waals surface area contributed by atoms with Gasteiger partial charge in [0.2, 0.25) is 0 Å². The number of hydrogen-bond acceptors (Lipinski definition) is 2. The zero-order valence-corrected chi connectivity index (χ0v) is 39.0. The number of rotatable bonds is 6. The van der Waals surface area contributed by atoms with E-state index in [-0.39, 0.29) is 16.4 Å². The highest BCUT2D eigenvalue weighted by Gasteiger charge is 2.57. The second-order valence-corrected chi connectivity index (χ2v) is 24.7. The molecule has 2 aliphatic rings. The molecule has 9 aromatic rings. The lowest BCUT2D eigenvalue weighted by molar-refractivity contribution is 0.195. The van der Waals surface area contributed by atoms with Crippen LogP contribution in [0.2, 0.25) is 0 Å². The third-order valence-corrected chi connectivity index (χ3v) is 21.2. The molecule has 3 heterocycles. The zero-order valence-electron chi connectivity index (χ0n) is 37.2. The second-order valence-electron chi connectivity index (χ2n) is 19.8. The number of anilines is 2. The Kier molecular flexibility index (Phi) is 8.96. The van der Waals surface area contributed by atoms with Crippen LogP contribution in [0.25, 0.3) is 36.9 Å². The Bertz CT molecular complexity index is 3080. The summed E-state index contributed by atoms with van der Waals surface area (Å²) in [5.74, 6) is 0. The Morgan fingerprint density at radius 1 is 0.581 bits per heavy atom. The summed E-state index contributed by atoms with van der Waals surface area (Å²) in [5.41, 5.74) is 12.2. The molecule has 11 rings (SSSR count). The molecule has 0 N–H and O–H groups in total. The van der Waals surface area contributed by atoms with Gasteiger partial charge in [0.1, 0.15) is 0 Å². The fourth-order valence-corrected chi connectivity index (χ4v) is 17.9. The molecule has 2 aromatic heterocycles. The van der Waals surface area contributed by atoms with Crippen LogP contribution in [0.5, 0.6) is 0 Å². The van der Waals surface area contributed by atoms with Crippen molar-refractivity contribution in [2.24, 2.45) is 0 Å². The van der Waals surface area contributed by atoms with E-state index in [1.807, 2.05) is 11.3 Å². The maximum atomic E-state index is 2.76. The molecule has 0 spiro atoms. The number of benzene rings is 7. The van der Waals surface area contributed by atoms with Gasteiger partial charge in [-0.1, -0.05) is 167 Å². The number of thiophene rings is 1. The molecular weight excluding hydrogens is 785 g/mol. The average Bonchev–Trinajstić information content (AvgIpc) is 3.87. The predicted octanol–water partition coefficient (Wildman–Crippen LogP) is 13.0. The highest BCUT2D eigenvalue weighted by molar-refractivity contribution is 7.26. The SMILES string of the molecule is Cc1ccc2sc3c4cc(N5c6ccc(C(C)(C)C)cc6C6(C)CCCCC56C)ccc4n(-c4ccc([Si](c5ccccc5)(c5ccccc5)c5ccccc5)cc4C)c3c2c1. The van der Waals surface area contributed by atoms with Crippen molar-refractivity contribution in [3.05, 3.63) is 186 Å². The third kappa shape index (κ3) is 5.58. The molecule has 62 heavy (non-hydrogen) atoms. The highest BCUT2D eigenvalue weighted by atomic mass is 32.1. The fourth-order valence-electron chi connectivity index (χ4n) is 11.8. The first-order valence-electron chi connectivity index (χ1n) is 22.6. The molecule has 0 amide bonds. The summed E-state index contributed by atoms with van der Waals surface area (Å²) in [4.78, 5) is 2.76. The van der Waals surface area contributed by atoms with Gasteiger partial charge < -0.3 is 9.47 Å². The van der Waals surface area contributed by atoms with E-state index in [1.165, 1.54) is 117 Å². The van der Waals surface area contributed by atoms with Gasteiger partial charge in [0.25, 0.3) is 0 Å². The molecule has 1 aliphatic heterocycles. The fraction of sp³-hybridized carbons (Fsp3) is 0.241. The lowest BCUT2D eigenvalue weighted by atomic mass is 9.61. The van der Waals surface area contributed by atoms with Crippen LogP contribution in [-0.2, 0) is 10.8 Å². The number of aryl methyl sites for hydroxylation is 2. The smallest absolute Gasteiger partial charge is 0.179 e. The van der Waals surface area contributed by atoms with E-state index in [9.17, 15) is 0 Å². The van der Waals surface area contributed by atoms with Gasteiger partial charge in [-0.25, -0.2) is 0 Å². The zero-order chi connectivity index (χ0) is 42.6. The summed E-state index contributed by atoms with van der Waals surface area (Å²) in [6.45, 7) is 16.7. The number of nitrogens with zero attached hydrogens (tertiary/aromatic N) is 2. The van der Waals surface area contributed by atoms with Crippen LogP contribution in [0.15, 0.2) is 164 Å². The Hall–Kier alpha value is -5.68. The number of aromatic nitrogens is 1. The van der Waals surface area contributed by atoms with Crippen molar-refractivity contribution in [3.8, 4) is 5.69 Å². The van der Waals surface area contributed by atoms with Crippen molar-refractivity contribution in [1.29, 1.82) is 0 Å². The van der Waals surface area contributed by atoms with E-state index in [2.05, 4.69) is 222 Å². The van der Waals surface area contributed by atoms with Gasteiger partial charge in [0.05, 0.1) is 21.3 Å². The maximum absolute atomic E-state index is 2.76. The van der Waals surface area contributed by atoms with Gasteiger partial charge in [-0.3, -0.25) is 0 Å². The van der Waals surface area contributed by atoms with Gasteiger partial charge in [-0.15, -0.1) is 11.3 Å². The first-order chi connectivity index (χ1) is 29.9. The van der Waals surface area contributed by atoms with E-state index in [4.69, 9.17) is 0 Å². The lowest BCUT2D eigenvalue weighted by Crippen LogP contribution is -2.74. The number of fused-ring (bicyclic) bond motifs is 8. The second kappa shape index (κ2) is 14.2. The van der Waals surface area contributed by atoms with Crippen molar-refractivity contribution in [2.75, 3.05) is 4.90 Å². The van der Waals surface area contributed by atoms with Crippen molar-refractivity contribution in [3.63, 3.8) is 0 Å². The van der Waals surface area contributed by atoms with Gasteiger partial charge in [0.15, 0.2) is 8.07 Å². The summed E-state index contributed by atoms with van der Waals surface area (Å²) in [6, 6.07) is 63.1. The summed E-state index contributed by atoms with van der Waals surface area (Å²) in [6.07, 6.45) is 4.95. The van der Waals surface area contributed by atoms with Crippen molar-refractivity contribution < 1.29 is 0 Å². The lowest BCUT2D eigenvalue weighted by Gasteiger charge is -2.50. The average molecular weight is 841 g/mol.